The lowest BCUT2D eigenvalue weighted by molar-refractivity contribution is -0.124. The number of amides is 2. The summed E-state index contributed by atoms with van der Waals surface area (Å²) < 4.78 is 4.90. The highest BCUT2D eigenvalue weighted by atomic mass is 16.5. The molecule has 5 heterocycles. The predicted octanol–water partition coefficient (Wildman–Crippen LogP) is 4.34. The van der Waals surface area contributed by atoms with Gasteiger partial charge in [-0.2, -0.15) is 0 Å². The lowest BCUT2D eigenvalue weighted by Crippen LogP contribution is -2.50. The van der Waals surface area contributed by atoms with Gasteiger partial charge < -0.3 is 14.5 Å². The molecule has 0 atom stereocenters. The Morgan fingerprint density at radius 2 is 1.81 bits per heavy atom. The first kappa shape index (κ1) is 22.2. The number of rotatable bonds is 3. The van der Waals surface area contributed by atoms with E-state index in [2.05, 4.69) is 16.0 Å². The summed E-state index contributed by atoms with van der Waals surface area (Å²) in [6, 6.07) is 14.0. The molecule has 8 nitrogen and oxygen atoms in total. The van der Waals surface area contributed by atoms with Crippen LogP contribution in [-0.2, 0) is 21.5 Å². The first-order valence-corrected chi connectivity index (χ1v) is 12.0. The molecule has 0 N–H and O–H groups in total. The van der Waals surface area contributed by atoms with Crippen LogP contribution in [0.25, 0.3) is 21.9 Å². The van der Waals surface area contributed by atoms with E-state index >= 15 is 0 Å². The van der Waals surface area contributed by atoms with Crippen molar-refractivity contribution in [3.05, 3.63) is 84.7 Å². The average molecular weight is 480 g/mol. The van der Waals surface area contributed by atoms with Crippen molar-refractivity contribution in [3.8, 4) is 11.1 Å². The number of hydrogen-bond donors (Lipinski definition) is 0. The molecule has 2 amide bonds. The molecule has 6 rings (SSSR count). The molecule has 0 radical (unpaired) electrons. The van der Waals surface area contributed by atoms with Crippen LogP contribution in [0.15, 0.2) is 73.4 Å². The number of carbonyl (C=O) groups excluding carboxylic acids is 2. The Morgan fingerprint density at radius 1 is 1.00 bits per heavy atom. The van der Waals surface area contributed by atoms with Crippen LogP contribution < -0.4 is 4.90 Å². The molecular weight excluding hydrogens is 454 g/mol. The van der Waals surface area contributed by atoms with Crippen molar-refractivity contribution in [2.75, 3.05) is 25.1 Å². The number of piperidine rings is 1. The number of nitrogens with zero attached hydrogens (tertiary/aromatic N) is 5. The van der Waals surface area contributed by atoms with Crippen LogP contribution in [0.2, 0.25) is 0 Å². The smallest absolute Gasteiger partial charge is 0.409 e. The van der Waals surface area contributed by atoms with Gasteiger partial charge in [0, 0.05) is 54.4 Å². The lowest BCUT2D eigenvalue weighted by atomic mass is 9.74. The molecule has 180 valence electrons. The van der Waals surface area contributed by atoms with Gasteiger partial charge in [0.05, 0.1) is 36.6 Å². The Morgan fingerprint density at radius 3 is 2.58 bits per heavy atom. The number of methoxy groups -OCH3 is 1. The number of likely N-dealkylation sites (tertiary alicyclic amines) is 1. The number of ether oxygens (including phenoxy) is 1. The third-order valence-corrected chi connectivity index (χ3v) is 7.45. The van der Waals surface area contributed by atoms with Gasteiger partial charge in [-0.1, -0.05) is 30.3 Å². The summed E-state index contributed by atoms with van der Waals surface area (Å²) in [5.41, 5.74) is 3.82. The van der Waals surface area contributed by atoms with Crippen molar-refractivity contribution in [2.24, 2.45) is 0 Å². The number of carbonyl (C=O) groups is 2. The fraction of sp³-hybridized carbons (Fsp3) is 0.250. The van der Waals surface area contributed by atoms with Crippen LogP contribution in [0.3, 0.4) is 0 Å². The molecule has 8 heteroatoms. The minimum Gasteiger partial charge on any atom is -0.453 e. The van der Waals surface area contributed by atoms with Gasteiger partial charge in [0.15, 0.2) is 0 Å². The molecule has 3 aromatic heterocycles. The summed E-state index contributed by atoms with van der Waals surface area (Å²) in [5.74, 6) is 0.0297. The predicted molar refractivity (Wildman–Crippen MR) is 135 cm³/mol. The normalized spacial score (nSPS) is 16.4. The lowest BCUT2D eigenvalue weighted by Gasteiger charge is -2.37. The molecular formula is C28H25N5O3. The van der Waals surface area contributed by atoms with E-state index in [1.165, 1.54) is 7.11 Å². The SMILES string of the molecule is COC(=O)N1CCC2(CC1)C(=O)N(Cc1ncc3ccccc3c1-c1cccnc1)c1cnccc12. The molecule has 0 bridgehead atoms. The number of hydrogen-bond acceptors (Lipinski definition) is 6. The van der Waals surface area contributed by atoms with Crippen molar-refractivity contribution in [3.63, 3.8) is 0 Å². The van der Waals surface area contributed by atoms with Crippen molar-refractivity contribution < 1.29 is 14.3 Å². The molecule has 1 saturated heterocycles. The second kappa shape index (κ2) is 8.71. The third kappa shape index (κ3) is 3.40. The monoisotopic (exact) mass is 479 g/mol. The van der Waals surface area contributed by atoms with Crippen molar-refractivity contribution in [2.45, 2.75) is 24.8 Å². The molecule has 4 aromatic rings. The van der Waals surface area contributed by atoms with Crippen molar-refractivity contribution in [1.29, 1.82) is 0 Å². The average Bonchev–Trinajstić information content (AvgIpc) is 3.16. The maximum atomic E-state index is 14.1. The summed E-state index contributed by atoms with van der Waals surface area (Å²) in [4.78, 5) is 43.2. The molecule has 1 aromatic carbocycles. The Bertz CT molecular complexity index is 1460. The summed E-state index contributed by atoms with van der Waals surface area (Å²) in [6.07, 6.45) is 9.66. The van der Waals surface area contributed by atoms with Crippen molar-refractivity contribution in [1.82, 2.24) is 19.9 Å². The summed E-state index contributed by atoms with van der Waals surface area (Å²) in [5, 5.41) is 2.09. The van der Waals surface area contributed by atoms with Gasteiger partial charge in [0.2, 0.25) is 5.91 Å². The quantitative estimate of drug-likeness (QED) is 0.434. The zero-order chi connectivity index (χ0) is 24.7. The van der Waals surface area contributed by atoms with E-state index in [0.717, 1.165) is 38.8 Å². The molecule has 1 fully saturated rings. The van der Waals surface area contributed by atoms with E-state index < -0.39 is 5.41 Å². The molecule has 2 aliphatic rings. The fourth-order valence-corrected chi connectivity index (χ4v) is 5.64. The maximum Gasteiger partial charge on any atom is 0.409 e. The molecule has 0 unspecified atom stereocenters. The van der Waals surface area contributed by atoms with Gasteiger partial charge in [0.1, 0.15) is 0 Å². The molecule has 36 heavy (non-hydrogen) atoms. The van der Waals surface area contributed by atoms with Gasteiger partial charge in [-0.25, -0.2) is 4.79 Å². The van der Waals surface area contributed by atoms with Crippen LogP contribution >= 0.6 is 0 Å². The highest BCUT2D eigenvalue weighted by Gasteiger charge is 2.52. The van der Waals surface area contributed by atoms with E-state index in [9.17, 15) is 9.59 Å². The molecule has 0 aliphatic carbocycles. The van der Waals surface area contributed by atoms with Crippen LogP contribution in [-0.4, -0.2) is 52.1 Å². The number of benzene rings is 1. The Hall–Kier alpha value is -4.33. The first-order valence-electron chi connectivity index (χ1n) is 12.0. The largest absolute Gasteiger partial charge is 0.453 e. The molecule has 1 spiro atoms. The van der Waals surface area contributed by atoms with Gasteiger partial charge in [-0.3, -0.25) is 19.7 Å². The minimum absolute atomic E-state index is 0.0297. The van der Waals surface area contributed by atoms with Gasteiger partial charge in [-0.15, -0.1) is 0 Å². The van der Waals surface area contributed by atoms with E-state index in [0.29, 0.717) is 32.5 Å². The highest BCUT2D eigenvalue weighted by molar-refractivity contribution is 6.08. The number of aromatic nitrogens is 3. The summed E-state index contributed by atoms with van der Waals surface area (Å²) >= 11 is 0. The minimum atomic E-state index is -0.686. The first-order chi connectivity index (χ1) is 17.6. The second-order valence-electron chi connectivity index (χ2n) is 9.23. The topological polar surface area (TPSA) is 88.5 Å². The van der Waals surface area contributed by atoms with Crippen LogP contribution in [0, 0.1) is 0 Å². The van der Waals surface area contributed by atoms with Gasteiger partial charge in [0.25, 0.3) is 0 Å². The third-order valence-electron chi connectivity index (χ3n) is 7.45. The number of pyridine rings is 3. The zero-order valence-corrected chi connectivity index (χ0v) is 19.9. The van der Waals surface area contributed by atoms with Crippen LogP contribution in [0.4, 0.5) is 10.5 Å². The van der Waals surface area contributed by atoms with E-state index in [4.69, 9.17) is 9.72 Å². The molecule has 2 aliphatic heterocycles. The maximum absolute atomic E-state index is 14.1. The zero-order valence-electron chi connectivity index (χ0n) is 19.9. The Kier molecular flexibility index (Phi) is 5.36. The van der Waals surface area contributed by atoms with Crippen molar-refractivity contribution >= 4 is 28.5 Å². The standard InChI is InChI=1S/C28H25N5O3/c1-36-27(35)32-13-9-28(10-14-32)22-8-12-30-17-24(22)33(26(28)34)18-23-25(20-6-4-11-29-15-20)21-7-3-2-5-19(21)16-31-23/h2-8,11-12,15-17H,9-10,13-14,18H2,1H3. The second-order valence-corrected chi connectivity index (χ2v) is 9.23. The van der Waals surface area contributed by atoms with E-state index in [-0.39, 0.29) is 12.0 Å². The van der Waals surface area contributed by atoms with E-state index in [1.807, 2.05) is 53.7 Å². The van der Waals surface area contributed by atoms with Gasteiger partial charge in [-0.05, 0) is 35.9 Å². The highest BCUT2D eigenvalue weighted by Crippen LogP contribution is 2.48. The molecule has 0 saturated carbocycles. The Labute approximate surface area is 208 Å². The van der Waals surface area contributed by atoms with Crippen LogP contribution in [0.1, 0.15) is 24.1 Å². The number of fused-ring (bicyclic) bond motifs is 3. The van der Waals surface area contributed by atoms with E-state index in [1.54, 1.807) is 23.5 Å². The van der Waals surface area contributed by atoms with Crippen LogP contribution in [0.5, 0.6) is 0 Å². The fourth-order valence-electron chi connectivity index (χ4n) is 5.64. The Balaban J connectivity index is 1.42. The van der Waals surface area contributed by atoms with Gasteiger partial charge >= 0.3 is 6.09 Å². The summed E-state index contributed by atoms with van der Waals surface area (Å²) in [7, 11) is 1.38. The number of anilines is 1. The summed E-state index contributed by atoms with van der Waals surface area (Å²) in [6.45, 7) is 1.24.